The number of nitrogens with zero attached hydrogens (tertiary/aromatic N) is 3. The summed E-state index contributed by atoms with van der Waals surface area (Å²) in [7, 11) is 0. The molecule has 1 aromatic carbocycles. The number of hydrogen-bond acceptors (Lipinski definition) is 6. The third-order valence-corrected chi connectivity index (χ3v) is 3.99. The predicted molar refractivity (Wildman–Crippen MR) is 111 cm³/mol. The summed E-state index contributed by atoms with van der Waals surface area (Å²) in [5.41, 5.74) is 12.5. The van der Waals surface area contributed by atoms with E-state index in [2.05, 4.69) is 53.4 Å². The van der Waals surface area contributed by atoms with Crippen LogP contribution in [0.2, 0.25) is 5.02 Å². The number of anilines is 3. The molecule has 0 aliphatic heterocycles. The van der Waals surface area contributed by atoms with Crippen molar-refractivity contribution in [3.8, 4) is 0 Å². The number of nitrogens with two attached hydrogens (primary N) is 1. The topological polar surface area (TPSA) is 96.2 Å². The first-order valence-corrected chi connectivity index (χ1v) is 9.33. The number of hydrazine groups is 1. The fourth-order valence-corrected chi connectivity index (χ4v) is 2.78. The van der Waals surface area contributed by atoms with Crippen molar-refractivity contribution in [2.75, 3.05) is 29.1 Å². The van der Waals surface area contributed by atoms with E-state index >= 15 is 0 Å². The summed E-state index contributed by atoms with van der Waals surface area (Å²) in [4.78, 5) is 22.9. The molecule has 0 radical (unpaired) electrons. The van der Waals surface area contributed by atoms with Crippen LogP contribution in [0.4, 0.5) is 17.3 Å². The van der Waals surface area contributed by atoms with Crippen molar-refractivity contribution in [1.29, 1.82) is 0 Å². The highest BCUT2D eigenvalue weighted by Crippen LogP contribution is 2.27. The van der Waals surface area contributed by atoms with Crippen molar-refractivity contribution >= 4 is 34.8 Å². The van der Waals surface area contributed by atoms with Crippen LogP contribution in [0.1, 0.15) is 38.1 Å². The normalized spacial score (nSPS) is 10.9. The van der Waals surface area contributed by atoms with Gasteiger partial charge in [-0.1, -0.05) is 39.3 Å². The first-order valence-electron chi connectivity index (χ1n) is 8.95. The van der Waals surface area contributed by atoms with Gasteiger partial charge in [0.25, 0.3) is 5.91 Å². The van der Waals surface area contributed by atoms with Crippen molar-refractivity contribution < 1.29 is 4.79 Å². The first kappa shape index (κ1) is 20.8. The third-order valence-electron chi connectivity index (χ3n) is 3.73. The molecule has 146 valence electrons. The molecule has 0 spiro atoms. The molecule has 27 heavy (non-hydrogen) atoms. The Labute approximate surface area is 165 Å². The van der Waals surface area contributed by atoms with Crippen molar-refractivity contribution in [1.82, 2.24) is 15.4 Å². The van der Waals surface area contributed by atoms with E-state index in [1.807, 2.05) is 0 Å². The Bertz CT molecular complexity index is 753. The van der Waals surface area contributed by atoms with Gasteiger partial charge in [0.2, 0.25) is 0 Å². The molecular weight excluding hydrogens is 364 g/mol. The van der Waals surface area contributed by atoms with Crippen LogP contribution in [0.5, 0.6) is 0 Å². The number of carbonyl (C=O) groups excluding carboxylic acids is 1. The lowest BCUT2D eigenvalue weighted by Gasteiger charge is -2.28. The standard InChI is InChI=1S/C19H27ClN6O/c1-12(2)9-26(10-13(3)4)18-16(21)17(22-11-23-18)24-25-19(27)14-5-7-15(20)8-6-14/h5-8,11-13H,9-10,21H2,1-4H3,(H,25,27)(H,22,23,24). The van der Waals surface area contributed by atoms with Crippen LogP contribution >= 0.6 is 11.6 Å². The predicted octanol–water partition coefficient (Wildman–Crippen LogP) is 3.59. The van der Waals surface area contributed by atoms with E-state index in [1.165, 1.54) is 6.33 Å². The van der Waals surface area contributed by atoms with E-state index < -0.39 is 0 Å². The second-order valence-corrected chi connectivity index (χ2v) is 7.67. The van der Waals surface area contributed by atoms with E-state index in [0.717, 1.165) is 13.1 Å². The van der Waals surface area contributed by atoms with Gasteiger partial charge in [-0.05, 0) is 36.1 Å². The quantitative estimate of drug-likeness (QED) is 0.596. The Morgan fingerprint density at radius 2 is 1.70 bits per heavy atom. The van der Waals surface area contributed by atoms with E-state index in [9.17, 15) is 4.79 Å². The van der Waals surface area contributed by atoms with Crippen LogP contribution < -0.4 is 21.5 Å². The average Bonchev–Trinajstić information content (AvgIpc) is 2.60. The van der Waals surface area contributed by atoms with Crippen LogP contribution in [-0.2, 0) is 0 Å². The summed E-state index contributed by atoms with van der Waals surface area (Å²) in [5.74, 6) is 1.63. The number of aromatic nitrogens is 2. The van der Waals surface area contributed by atoms with E-state index in [-0.39, 0.29) is 5.91 Å². The van der Waals surface area contributed by atoms with Gasteiger partial charge < -0.3 is 10.6 Å². The summed E-state index contributed by atoms with van der Waals surface area (Å²) >= 11 is 5.84. The molecule has 0 fully saturated rings. The summed E-state index contributed by atoms with van der Waals surface area (Å²) < 4.78 is 0. The highest BCUT2D eigenvalue weighted by atomic mass is 35.5. The number of rotatable bonds is 8. The number of benzene rings is 1. The van der Waals surface area contributed by atoms with Crippen LogP contribution in [-0.4, -0.2) is 29.0 Å². The van der Waals surface area contributed by atoms with Gasteiger partial charge in [0.15, 0.2) is 11.6 Å². The molecule has 0 bridgehead atoms. The fourth-order valence-electron chi connectivity index (χ4n) is 2.66. The summed E-state index contributed by atoms with van der Waals surface area (Å²) in [6, 6.07) is 6.59. The van der Waals surface area contributed by atoms with Gasteiger partial charge in [-0.25, -0.2) is 9.97 Å². The lowest BCUT2D eigenvalue weighted by atomic mass is 10.1. The summed E-state index contributed by atoms with van der Waals surface area (Å²) in [6.07, 6.45) is 1.44. The van der Waals surface area contributed by atoms with Crippen molar-refractivity contribution in [2.45, 2.75) is 27.7 Å². The van der Waals surface area contributed by atoms with E-state index in [0.29, 0.717) is 39.7 Å². The van der Waals surface area contributed by atoms with Gasteiger partial charge in [-0.15, -0.1) is 0 Å². The molecule has 7 nitrogen and oxygen atoms in total. The molecular formula is C19H27ClN6O. The highest BCUT2D eigenvalue weighted by Gasteiger charge is 2.18. The number of hydrogen-bond donors (Lipinski definition) is 3. The van der Waals surface area contributed by atoms with Crippen LogP contribution in [0, 0.1) is 11.8 Å². The number of nitrogen functional groups attached to an aromatic ring is 1. The minimum atomic E-state index is -0.313. The summed E-state index contributed by atoms with van der Waals surface area (Å²) in [5, 5.41) is 0.569. The zero-order valence-corrected chi connectivity index (χ0v) is 16.9. The van der Waals surface area contributed by atoms with Gasteiger partial charge >= 0.3 is 0 Å². The molecule has 4 N–H and O–H groups in total. The van der Waals surface area contributed by atoms with Crippen molar-refractivity contribution in [2.24, 2.45) is 11.8 Å². The Kier molecular flexibility index (Phi) is 7.24. The van der Waals surface area contributed by atoms with Gasteiger partial charge in [0, 0.05) is 23.7 Å². The molecule has 0 aliphatic rings. The smallest absolute Gasteiger partial charge is 0.269 e. The molecule has 0 atom stereocenters. The maximum absolute atomic E-state index is 12.2. The maximum atomic E-state index is 12.2. The zero-order valence-electron chi connectivity index (χ0n) is 16.2. The van der Waals surface area contributed by atoms with Gasteiger partial charge in [0.1, 0.15) is 12.0 Å². The molecule has 2 aromatic rings. The molecule has 0 saturated heterocycles. The van der Waals surface area contributed by atoms with Crippen LogP contribution in [0.15, 0.2) is 30.6 Å². The molecule has 1 heterocycles. The molecule has 0 saturated carbocycles. The second kappa shape index (κ2) is 9.41. The van der Waals surface area contributed by atoms with E-state index in [1.54, 1.807) is 24.3 Å². The molecule has 8 heteroatoms. The second-order valence-electron chi connectivity index (χ2n) is 7.24. The minimum absolute atomic E-state index is 0.313. The molecule has 0 aliphatic carbocycles. The molecule has 2 rings (SSSR count). The number of carbonyl (C=O) groups is 1. The Morgan fingerprint density at radius 3 is 2.26 bits per heavy atom. The van der Waals surface area contributed by atoms with Gasteiger partial charge in [-0.3, -0.25) is 15.6 Å². The lowest BCUT2D eigenvalue weighted by molar-refractivity contribution is 0.0962. The monoisotopic (exact) mass is 390 g/mol. The van der Waals surface area contributed by atoms with Gasteiger partial charge in [-0.2, -0.15) is 0 Å². The lowest BCUT2D eigenvalue weighted by Crippen LogP contribution is -2.34. The fraction of sp³-hybridized carbons (Fsp3) is 0.421. The Balaban J connectivity index is 2.14. The first-order chi connectivity index (χ1) is 12.8. The van der Waals surface area contributed by atoms with Gasteiger partial charge in [0.05, 0.1) is 0 Å². The number of amides is 1. The minimum Gasteiger partial charge on any atom is -0.393 e. The number of halogens is 1. The van der Waals surface area contributed by atoms with Crippen molar-refractivity contribution in [3.05, 3.63) is 41.2 Å². The SMILES string of the molecule is CC(C)CN(CC(C)C)c1ncnc(NNC(=O)c2ccc(Cl)cc2)c1N. The average molecular weight is 391 g/mol. The molecule has 1 amide bonds. The van der Waals surface area contributed by atoms with E-state index in [4.69, 9.17) is 17.3 Å². The molecule has 0 unspecified atom stereocenters. The highest BCUT2D eigenvalue weighted by molar-refractivity contribution is 6.30. The molecule has 1 aromatic heterocycles. The zero-order chi connectivity index (χ0) is 20.0. The largest absolute Gasteiger partial charge is 0.393 e. The van der Waals surface area contributed by atoms with Crippen LogP contribution in [0.3, 0.4) is 0 Å². The van der Waals surface area contributed by atoms with Crippen molar-refractivity contribution in [3.63, 3.8) is 0 Å². The maximum Gasteiger partial charge on any atom is 0.269 e. The van der Waals surface area contributed by atoms with Crippen LogP contribution in [0.25, 0.3) is 0 Å². The Hall–Kier alpha value is -2.54. The summed E-state index contributed by atoms with van der Waals surface area (Å²) in [6.45, 7) is 10.3. The Morgan fingerprint density at radius 1 is 1.11 bits per heavy atom. The third kappa shape index (κ3) is 5.99. The number of nitrogens with one attached hydrogen (secondary N) is 2.